The molecule has 3 aromatic rings. The van der Waals surface area contributed by atoms with Crippen molar-refractivity contribution < 1.29 is 9.53 Å². The largest absolute Gasteiger partial charge is 0.431 e. The molecular formula is C22H23N3O2S. The van der Waals surface area contributed by atoms with Crippen LogP contribution in [0.3, 0.4) is 0 Å². The van der Waals surface area contributed by atoms with Crippen LogP contribution in [0.1, 0.15) is 24.5 Å². The molecule has 5 rings (SSSR count). The minimum absolute atomic E-state index is 0.207. The van der Waals surface area contributed by atoms with E-state index in [0.29, 0.717) is 17.3 Å². The fraction of sp³-hybridized carbons (Fsp3) is 0.364. The van der Waals surface area contributed by atoms with Crippen LogP contribution in [0, 0.1) is 6.92 Å². The number of carbonyl (C=O) groups excluding carboxylic acids is 1. The fourth-order valence-electron chi connectivity index (χ4n) is 4.38. The third-order valence-corrected chi connectivity index (χ3v) is 6.69. The fourth-order valence-corrected chi connectivity index (χ4v) is 5.31. The predicted molar refractivity (Wildman–Crippen MR) is 111 cm³/mol. The van der Waals surface area contributed by atoms with Gasteiger partial charge in [0.05, 0.1) is 10.2 Å². The molecule has 2 fully saturated rings. The van der Waals surface area contributed by atoms with Crippen LogP contribution in [-0.2, 0) is 11.3 Å². The van der Waals surface area contributed by atoms with E-state index in [2.05, 4.69) is 41.1 Å². The first-order chi connectivity index (χ1) is 13.5. The molecule has 0 radical (unpaired) electrons. The van der Waals surface area contributed by atoms with Gasteiger partial charge in [0.15, 0.2) is 0 Å². The second kappa shape index (κ2) is 6.87. The van der Waals surface area contributed by atoms with Crippen LogP contribution in [0.4, 0.5) is 0 Å². The summed E-state index contributed by atoms with van der Waals surface area (Å²) < 4.78 is 7.12. The number of aryl methyl sites for hydroxylation is 1. The molecular weight excluding hydrogens is 370 g/mol. The minimum atomic E-state index is 0.207. The van der Waals surface area contributed by atoms with Crippen molar-refractivity contribution in [1.29, 1.82) is 0 Å². The number of aromatic nitrogens is 1. The molecule has 28 heavy (non-hydrogen) atoms. The monoisotopic (exact) mass is 393 g/mol. The number of thiazole rings is 1. The van der Waals surface area contributed by atoms with E-state index in [1.54, 1.807) is 18.3 Å². The topological polar surface area (TPSA) is 45.7 Å². The Morgan fingerprint density at radius 3 is 2.71 bits per heavy atom. The van der Waals surface area contributed by atoms with Crippen molar-refractivity contribution in [3.8, 4) is 10.9 Å². The number of benzene rings is 2. The molecule has 0 aliphatic carbocycles. The molecule has 2 aromatic carbocycles. The number of rotatable bonds is 4. The zero-order chi connectivity index (χ0) is 19.3. The van der Waals surface area contributed by atoms with Crippen LogP contribution in [-0.4, -0.2) is 45.9 Å². The van der Waals surface area contributed by atoms with E-state index in [1.807, 2.05) is 23.1 Å². The lowest BCUT2D eigenvalue weighted by Crippen LogP contribution is -2.47. The van der Waals surface area contributed by atoms with Gasteiger partial charge in [-0.1, -0.05) is 29.5 Å². The van der Waals surface area contributed by atoms with Crippen molar-refractivity contribution in [2.24, 2.45) is 0 Å². The zero-order valence-corrected chi connectivity index (χ0v) is 16.9. The Morgan fingerprint density at radius 1 is 1.18 bits per heavy atom. The third kappa shape index (κ3) is 3.27. The SMILES string of the molecule is CC(=O)N1CC2C[C@H]1CN2Cc1ccc(Oc2nc3ccc(C)cc3s2)cc1. The number of fused-ring (bicyclic) bond motifs is 3. The van der Waals surface area contributed by atoms with Gasteiger partial charge in [0.1, 0.15) is 5.75 Å². The van der Waals surface area contributed by atoms with Crippen LogP contribution in [0.15, 0.2) is 42.5 Å². The van der Waals surface area contributed by atoms with E-state index < -0.39 is 0 Å². The summed E-state index contributed by atoms with van der Waals surface area (Å²) in [4.78, 5) is 20.7. The number of nitrogens with zero attached hydrogens (tertiary/aromatic N) is 3. The van der Waals surface area contributed by atoms with Crippen molar-refractivity contribution in [3.05, 3.63) is 53.6 Å². The maximum atomic E-state index is 11.7. The second-order valence-corrected chi connectivity index (χ2v) is 8.83. The Balaban J connectivity index is 1.23. The Hall–Kier alpha value is -2.44. The van der Waals surface area contributed by atoms with E-state index in [0.717, 1.165) is 42.0 Å². The molecule has 0 saturated carbocycles. The lowest BCUT2D eigenvalue weighted by Gasteiger charge is -2.33. The van der Waals surface area contributed by atoms with Crippen LogP contribution < -0.4 is 4.74 Å². The summed E-state index contributed by atoms with van der Waals surface area (Å²) in [7, 11) is 0. The Kier molecular flexibility index (Phi) is 4.33. The number of amides is 1. The number of carbonyl (C=O) groups is 1. The highest BCUT2D eigenvalue weighted by Gasteiger charge is 2.43. The molecule has 5 nitrogen and oxygen atoms in total. The first-order valence-corrected chi connectivity index (χ1v) is 10.5. The highest BCUT2D eigenvalue weighted by molar-refractivity contribution is 7.20. The van der Waals surface area contributed by atoms with Crippen molar-refractivity contribution in [3.63, 3.8) is 0 Å². The Bertz CT molecular complexity index is 1030. The van der Waals surface area contributed by atoms with E-state index in [1.165, 1.54) is 11.1 Å². The lowest BCUT2D eigenvalue weighted by atomic mass is 10.2. The summed E-state index contributed by atoms with van der Waals surface area (Å²) in [6, 6.07) is 15.4. The molecule has 3 heterocycles. The molecule has 2 atom stereocenters. The highest BCUT2D eigenvalue weighted by atomic mass is 32.1. The molecule has 1 aromatic heterocycles. The Labute approximate surface area is 168 Å². The van der Waals surface area contributed by atoms with Crippen molar-refractivity contribution in [2.45, 2.75) is 38.9 Å². The maximum absolute atomic E-state index is 11.7. The van der Waals surface area contributed by atoms with Crippen molar-refractivity contribution in [1.82, 2.24) is 14.8 Å². The maximum Gasteiger partial charge on any atom is 0.279 e. The lowest BCUT2D eigenvalue weighted by molar-refractivity contribution is -0.131. The van der Waals surface area contributed by atoms with E-state index in [-0.39, 0.29) is 5.91 Å². The van der Waals surface area contributed by atoms with Crippen molar-refractivity contribution >= 4 is 27.5 Å². The molecule has 0 spiro atoms. The van der Waals surface area contributed by atoms with Gasteiger partial charge in [0.25, 0.3) is 5.19 Å². The van der Waals surface area contributed by atoms with Crippen LogP contribution in [0.5, 0.6) is 10.9 Å². The standard InChI is InChI=1S/C22H23N3O2S/c1-14-3-8-20-21(9-14)28-22(23-20)27-19-6-4-16(5-7-19)11-24-12-18-10-17(24)13-25(18)15(2)26/h3-9,17-18H,10-13H2,1-2H3/t17?,18-/m0/s1. The molecule has 2 saturated heterocycles. The van der Waals surface area contributed by atoms with Gasteiger partial charge in [-0.05, 0) is 48.7 Å². The number of hydrogen-bond donors (Lipinski definition) is 0. The normalized spacial score (nSPS) is 21.6. The number of ether oxygens (including phenoxy) is 1. The summed E-state index contributed by atoms with van der Waals surface area (Å²) in [5, 5.41) is 0.675. The summed E-state index contributed by atoms with van der Waals surface area (Å²) >= 11 is 1.57. The van der Waals surface area contributed by atoms with Gasteiger partial charge < -0.3 is 9.64 Å². The summed E-state index contributed by atoms with van der Waals surface area (Å²) in [5.74, 6) is 1.02. The smallest absolute Gasteiger partial charge is 0.279 e. The second-order valence-electron chi connectivity index (χ2n) is 7.84. The molecule has 1 amide bonds. The zero-order valence-electron chi connectivity index (χ0n) is 16.1. The number of hydrogen-bond acceptors (Lipinski definition) is 5. The van der Waals surface area contributed by atoms with Gasteiger partial charge in [-0.25, -0.2) is 4.98 Å². The molecule has 6 heteroatoms. The summed E-state index contributed by atoms with van der Waals surface area (Å²) in [5.41, 5.74) is 3.48. The average molecular weight is 394 g/mol. The van der Waals surface area contributed by atoms with Crippen LogP contribution >= 0.6 is 11.3 Å². The van der Waals surface area contributed by atoms with Gasteiger partial charge in [-0.15, -0.1) is 0 Å². The number of piperazine rings is 1. The molecule has 0 N–H and O–H groups in total. The Morgan fingerprint density at radius 2 is 2.00 bits per heavy atom. The first kappa shape index (κ1) is 17.6. The van der Waals surface area contributed by atoms with E-state index in [9.17, 15) is 4.79 Å². The van der Waals surface area contributed by atoms with E-state index >= 15 is 0 Å². The summed E-state index contributed by atoms with van der Waals surface area (Å²) in [6.45, 7) is 6.54. The molecule has 144 valence electrons. The van der Waals surface area contributed by atoms with Gasteiger partial charge in [0.2, 0.25) is 5.91 Å². The van der Waals surface area contributed by atoms with Gasteiger partial charge in [-0.2, -0.15) is 0 Å². The average Bonchev–Trinajstić information content (AvgIpc) is 3.36. The van der Waals surface area contributed by atoms with Gasteiger partial charge >= 0.3 is 0 Å². The predicted octanol–water partition coefficient (Wildman–Crippen LogP) is 4.20. The van der Waals surface area contributed by atoms with Gasteiger partial charge in [-0.3, -0.25) is 9.69 Å². The summed E-state index contributed by atoms with van der Waals surface area (Å²) in [6.07, 6.45) is 1.11. The van der Waals surface area contributed by atoms with Crippen molar-refractivity contribution in [2.75, 3.05) is 13.1 Å². The molecule has 2 aliphatic heterocycles. The highest BCUT2D eigenvalue weighted by Crippen LogP contribution is 2.33. The van der Waals surface area contributed by atoms with Crippen LogP contribution in [0.2, 0.25) is 0 Å². The number of likely N-dealkylation sites (tertiary alicyclic amines) is 2. The molecule has 1 unspecified atom stereocenters. The van der Waals surface area contributed by atoms with Gasteiger partial charge in [0, 0.05) is 38.6 Å². The van der Waals surface area contributed by atoms with E-state index in [4.69, 9.17) is 4.74 Å². The third-order valence-electron chi connectivity index (χ3n) is 5.80. The first-order valence-electron chi connectivity index (χ1n) is 9.70. The minimum Gasteiger partial charge on any atom is -0.431 e. The molecule has 2 aliphatic rings. The molecule has 2 bridgehead atoms. The quantitative estimate of drug-likeness (QED) is 0.666. The van der Waals surface area contributed by atoms with Crippen LogP contribution in [0.25, 0.3) is 10.2 Å².